The number of carbonyl (C=O) groups excluding carboxylic acids is 2. The summed E-state index contributed by atoms with van der Waals surface area (Å²) in [5, 5.41) is 5.97. The highest BCUT2D eigenvalue weighted by molar-refractivity contribution is 6.31. The van der Waals surface area contributed by atoms with Gasteiger partial charge < -0.3 is 15.5 Å². The number of benzene rings is 1. The second kappa shape index (κ2) is 4.28. The third kappa shape index (κ3) is 1.86. The molecule has 2 N–H and O–H groups in total. The molecule has 2 aliphatic rings. The Bertz CT molecular complexity index is 612. The molecule has 5 nitrogen and oxygen atoms in total. The number of likely N-dealkylation sites (N-methyl/N-ethyl adjacent to an activating group) is 1. The largest absolute Gasteiger partial charge is 0.336 e. The van der Waals surface area contributed by atoms with Crippen molar-refractivity contribution in [1.82, 2.24) is 15.5 Å². The van der Waals surface area contributed by atoms with Crippen molar-refractivity contribution in [3.63, 3.8) is 0 Å². The summed E-state index contributed by atoms with van der Waals surface area (Å²) < 4.78 is 0. The predicted molar refractivity (Wildman–Crippen MR) is 70.5 cm³/mol. The lowest BCUT2D eigenvalue weighted by molar-refractivity contribution is -0.124. The number of carbonyl (C=O) groups is 2. The second-order valence-electron chi connectivity index (χ2n) is 4.61. The highest BCUT2D eigenvalue weighted by atomic mass is 35.5. The van der Waals surface area contributed by atoms with Gasteiger partial charge in [-0.05, 0) is 11.6 Å². The second-order valence-corrected chi connectivity index (χ2v) is 5.01. The maximum Gasteiger partial charge on any atom is 0.319 e. The maximum atomic E-state index is 12.2. The van der Waals surface area contributed by atoms with Crippen molar-refractivity contribution in [1.29, 1.82) is 0 Å². The number of urea groups is 1. The molecule has 0 spiro atoms. The van der Waals surface area contributed by atoms with Crippen molar-refractivity contribution in [3.8, 4) is 0 Å². The van der Waals surface area contributed by atoms with Crippen LogP contribution in [0.1, 0.15) is 11.6 Å². The van der Waals surface area contributed by atoms with Crippen molar-refractivity contribution in [2.45, 2.75) is 6.04 Å². The SMILES string of the molecule is CN1CC2=C(C1=O)C(c1ccccc1Cl)NC(=O)N2. The molecule has 0 saturated heterocycles. The lowest BCUT2D eigenvalue weighted by Gasteiger charge is -2.26. The zero-order valence-electron chi connectivity index (χ0n) is 10.2. The van der Waals surface area contributed by atoms with Crippen LogP contribution in [0.2, 0.25) is 5.02 Å². The molecule has 3 rings (SSSR count). The van der Waals surface area contributed by atoms with Crippen LogP contribution in [0.5, 0.6) is 0 Å². The summed E-state index contributed by atoms with van der Waals surface area (Å²) in [6, 6.07) is 6.40. The first-order valence-electron chi connectivity index (χ1n) is 5.88. The van der Waals surface area contributed by atoms with Crippen molar-refractivity contribution < 1.29 is 9.59 Å². The summed E-state index contributed by atoms with van der Waals surface area (Å²) in [4.78, 5) is 25.4. The molecule has 1 unspecified atom stereocenters. The van der Waals surface area contributed by atoms with Gasteiger partial charge in [0.25, 0.3) is 5.91 Å². The Hall–Kier alpha value is -2.01. The first-order chi connectivity index (χ1) is 9.08. The van der Waals surface area contributed by atoms with Gasteiger partial charge in [0.2, 0.25) is 0 Å². The summed E-state index contributed by atoms with van der Waals surface area (Å²) in [6.45, 7) is 0.419. The van der Waals surface area contributed by atoms with Crippen molar-refractivity contribution in [2.75, 3.05) is 13.6 Å². The lowest BCUT2D eigenvalue weighted by Crippen LogP contribution is -2.44. The highest BCUT2D eigenvalue weighted by Crippen LogP contribution is 2.34. The fourth-order valence-corrected chi connectivity index (χ4v) is 2.70. The van der Waals surface area contributed by atoms with Crippen LogP contribution in [-0.4, -0.2) is 30.4 Å². The molecule has 2 heterocycles. The van der Waals surface area contributed by atoms with Gasteiger partial charge >= 0.3 is 6.03 Å². The van der Waals surface area contributed by atoms with Crippen LogP contribution in [0.4, 0.5) is 4.79 Å². The Morgan fingerprint density at radius 1 is 1.32 bits per heavy atom. The molecule has 1 aromatic rings. The molecule has 3 amide bonds. The normalized spacial score (nSPS) is 22.2. The van der Waals surface area contributed by atoms with Crippen molar-refractivity contribution in [2.24, 2.45) is 0 Å². The molecule has 0 fully saturated rings. The summed E-state index contributed by atoms with van der Waals surface area (Å²) in [6.07, 6.45) is 0. The van der Waals surface area contributed by atoms with Crippen LogP contribution in [-0.2, 0) is 4.79 Å². The molecular formula is C13H12ClN3O2. The fraction of sp³-hybridized carbons (Fsp3) is 0.231. The molecule has 1 aromatic carbocycles. The van der Waals surface area contributed by atoms with E-state index in [1.54, 1.807) is 18.0 Å². The van der Waals surface area contributed by atoms with E-state index in [1.807, 2.05) is 18.2 Å². The number of rotatable bonds is 1. The van der Waals surface area contributed by atoms with E-state index < -0.39 is 6.04 Å². The average Bonchev–Trinajstić information content (AvgIpc) is 2.64. The minimum Gasteiger partial charge on any atom is -0.336 e. The van der Waals surface area contributed by atoms with Crippen LogP contribution in [0.3, 0.4) is 0 Å². The smallest absolute Gasteiger partial charge is 0.319 e. The third-order valence-electron chi connectivity index (χ3n) is 3.34. The molecule has 19 heavy (non-hydrogen) atoms. The van der Waals surface area contributed by atoms with Crippen LogP contribution < -0.4 is 10.6 Å². The first kappa shape index (κ1) is 12.0. The van der Waals surface area contributed by atoms with E-state index in [9.17, 15) is 9.59 Å². The topological polar surface area (TPSA) is 61.4 Å². The first-order valence-corrected chi connectivity index (χ1v) is 6.26. The maximum absolute atomic E-state index is 12.2. The van der Waals surface area contributed by atoms with E-state index in [-0.39, 0.29) is 11.9 Å². The number of hydrogen-bond donors (Lipinski definition) is 2. The molecule has 0 bridgehead atoms. The number of nitrogens with zero attached hydrogens (tertiary/aromatic N) is 1. The van der Waals surface area contributed by atoms with E-state index in [4.69, 9.17) is 11.6 Å². The number of hydrogen-bond acceptors (Lipinski definition) is 2. The lowest BCUT2D eigenvalue weighted by atomic mass is 9.96. The number of amides is 3. The van der Waals surface area contributed by atoms with E-state index in [0.717, 1.165) is 5.56 Å². The molecule has 0 saturated carbocycles. The third-order valence-corrected chi connectivity index (χ3v) is 3.69. The molecule has 98 valence electrons. The van der Waals surface area contributed by atoms with Crippen LogP contribution >= 0.6 is 11.6 Å². The molecular weight excluding hydrogens is 266 g/mol. The molecule has 6 heteroatoms. The van der Waals surface area contributed by atoms with Gasteiger partial charge in [-0.25, -0.2) is 4.79 Å². The number of halogens is 1. The molecule has 0 radical (unpaired) electrons. The predicted octanol–water partition coefficient (Wildman–Crippen LogP) is 1.42. The van der Waals surface area contributed by atoms with E-state index in [0.29, 0.717) is 22.8 Å². The van der Waals surface area contributed by atoms with Gasteiger partial charge in [-0.2, -0.15) is 0 Å². The van der Waals surface area contributed by atoms with Gasteiger partial charge in [-0.1, -0.05) is 29.8 Å². The Morgan fingerprint density at radius 2 is 2.05 bits per heavy atom. The average molecular weight is 278 g/mol. The van der Waals surface area contributed by atoms with E-state index in [1.165, 1.54) is 0 Å². The van der Waals surface area contributed by atoms with Gasteiger partial charge in [-0.15, -0.1) is 0 Å². The minimum atomic E-state index is -0.491. The molecule has 1 atom stereocenters. The molecule has 0 aromatic heterocycles. The van der Waals surface area contributed by atoms with Gasteiger partial charge in [0, 0.05) is 12.1 Å². The Kier molecular flexibility index (Phi) is 2.71. The molecule has 2 aliphatic heterocycles. The van der Waals surface area contributed by atoms with Crippen LogP contribution in [0.25, 0.3) is 0 Å². The highest BCUT2D eigenvalue weighted by Gasteiger charge is 2.39. The summed E-state index contributed by atoms with van der Waals surface area (Å²) in [7, 11) is 1.70. The monoisotopic (exact) mass is 277 g/mol. The van der Waals surface area contributed by atoms with E-state index >= 15 is 0 Å². The minimum absolute atomic E-state index is 0.0904. The van der Waals surface area contributed by atoms with Gasteiger partial charge in [0.1, 0.15) is 0 Å². The van der Waals surface area contributed by atoms with E-state index in [2.05, 4.69) is 10.6 Å². The van der Waals surface area contributed by atoms with Gasteiger partial charge in [0.05, 0.1) is 23.9 Å². The summed E-state index contributed by atoms with van der Waals surface area (Å²) in [5.41, 5.74) is 1.95. The molecule has 0 aliphatic carbocycles. The fourth-order valence-electron chi connectivity index (χ4n) is 2.45. The summed E-state index contributed by atoms with van der Waals surface area (Å²) >= 11 is 6.16. The summed E-state index contributed by atoms with van der Waals surface area (Å²) in [5.74, 6) is -0.0904. The Balaban J connectivity index is 2.10. The standard InChI is InChI=1S/C13H12ClN3O2/c1-17-6-9-10(12(17)18)11(16-13(19)15-9)7-4-2-3-5-8(7)14/h2-5,11H,6H2,1H3,(H2,15,16,19). The quantitative estimate of drug-likeness (QED) is 0.815. The zero-order valence-corrected chi connectivity index (χ0v) is 11.0. The number of nitrogens with one attached hydrogen (secondary N) is 2. The Morgan fingerprint density at radius 3 is 2.79 bits per heavy atom. The van der Waals surface area contributed by atoms with Gasteiger partial charge in [-0.3, -0.25) is 4.79 Å². The van der Waals surface area contributed by atoms with Crippen molar-refractivity contribution >= 4 is 23.5 Å². The zero-order chi connectivity index (χ0) is 13.6. The van der Waals surface area contributed by atoms with Gasteiger partial charge in [0.15, 0.2) is 0 Å². The Labute approximate surface area is 115 Å². The van der Waals surface area contributed by atoms with Crippen LogP contribution in [0, 0.1) is 0 Å². The van der Waals surface area contributed by atoms with Crippen LogP contribution in [0.15, 0.2) is 35.5 Å². The van der Waals surface area contributed by atoms with Crippen molar-refractivity contribution in [3.05, 3.63) is 46.1 Å².